The molecule has 2 amide bonds. The first-order valence-electron chi connectivity index (χ1n) is 4.92. The molecule has 0 aliphatic carbocycles. The fourth-order valence-electron chi connectivity index (χ4n) is 1.44. The Kier molecular flexibility index (Phi) is 2.99. The van der Waals surface area contributed by atoms with Crippen LogP contribution in [0.25, 0.3) is 0 Å². The predicted octanol–water partition coefficient (Wildman–Crippen LogP) is 1.46. The Labute approximate surface area is 96.5 Å². The largest absolute Gasteiger partial charge is 0.447 e. The number of anilines is 1. The van der Waals surface area contributed by atoms with E-state index < -0.39 is 12.0 Å². The van der Waals surface area contributed by atoms with Crippen LogP contribution in [0.15, 0.2) is 35.6 Å². The number of carbonyl (C=O) groups is 2. The molecule has 0 spiro atoms. The van der Waals surface area contributed by atoms with Crippen LogP contribution in [0, 0.1) is 4.91 Å². The summed E-state index contributed by atoms with van der Waals surface area (Å²) in [6.07, 6.45) is -0.866. The van der Waals surface area contributed by atoms with Gasteiger partial charge in [0.1, 0.15) is 6.61 Å². The van der Waals surface area contributed by atoms with Gasteiger partial charge in [0.2, 0.25) is 0 Å². The van der Waals surface area contributed by atoms with E-state index >= 15 is 0 Å². The van der Waals surface area contributed by atoms with Crippen molar-refractivity contribution in [3.63, 3.8) is 0 Å². The van der Waals surface area contributed by atoms with Gasteiger partial charge in [0.25, 0.3) is 5.91 Å². The van der Waals surface area contributed by atoms with Crippen molar-refractivity contribution in [1.29, 1.82) is 0 Å². The zero-order chi connectivity index (χ0) is 12.3. The number of hydrogen-bond donors (Lipinski definition) is 0. The number of carbonyl (C=O) groups excluding carboxylic acids is 2. The summed E-state index contributed by atoms with van der Waals surface area (Å²) < 4.78 is 4.69. The molecule has 1 heterocycles. The van der Waals surface area contributed by atoms with Crippen LogP contribution in [0.2, 0.25) is 0 Å². The van der Waals surface area contributed by atoms with Crippen molar-refractivity contribution >= 4 is 17.7 Å². The Morgan fingerprint density at radius 3 is 2.53 bits per heavy atom. The number of benzene rings is 1. The molecule has 0 bridgehead atoms. The van der Waals surface area contributed by atoms with Gasteiger partial charge in [-0.05, 0) is 12.1 Å². The molecule has 0 aromatic heterocycles. The molecule has 1 aromatic rings. The molecule has 1 fully saturated rings. The highest BCUT2D eigenvalue weighted by atomic mass is 16.6. The van der Waals surface area contributed by atoms with Crippen LogP contribution in [0.3, 0.4) is 0 Å². The third-order valence-electron chi connectivity index (χ3n) is 2.20. The van der Waals surface area contributed by atoms with Crippen molar-refractivity contribution in [3.05, 3.63) is 35.2 Å². The number of rotatable bonds is 3. The second kappa shape index (κ2) is 4.60. The van der Waals surface area contributed by atoms with E-state index in [0.29, 0.717) is 15.8 Å². The number of ether oxygens (including phenoxy) is 1. The molecule has 1 saturated heterocycles. The fraction of sp³-hybridized carbons (Fsp3) is 0.200. The molecule has 1 aromatic carbocycles. The molecule has 0 saturated carbocycles. The van der Waals surface area contributed by atoms with Gasteiger partial charge in [-0.15, -0.1) is 15.0 Å². The molecule has 17 heavy (non-hydrogen) atoms. The molecule has 1 aliphatic rings. The zero-order valence-electron chi connectivity index (χ0n) is 8.78. The maximum atomic E-state index is 11.6. The van der Waals surface area contributed by atoms with Crippen LogP contribution in [0.5, 0.6) is 0 Å². The third-order valence-corrected chi connectivity index (χ3v) is 2.20. The standard InChI is InChI=1S/C10H9N3O4/c14-9-6-7-17-10(15)12(9)13(11-16)8-4-2-1-3-5-8/h1-5H,6-7H2. The lowest BCUT2D eigenvalue weighted by Crippen LogP contribution is -2.51. The zero-order valence-corrected chi connectivity index (χ0v) is 8.78. The van der Waals surface area contributed by atoms with Crippen molar-refractivity contribution < 1.29 is 14.3 Å². The molecule has 7 nitrogen and oxygen atoms in total. The van der Waals surface area contributed by atoms with Crippen LogP contribution in [0.4, 0.5) is 10.5 Å². The molecular weight excluding hydrogens is 226 g/mol. The summed E-state index contributed by atoms with van der Waals surface area (Å²) in [5.74, 6) is -0.523. The summed E-state index contributed by atoms with van der Waals surface area (Å²) in [5, 5.41) is 3.94. The number of nitroso groups, excluding NO2 is 1. The van der Waals surface area contributed by atoms with Gasteiger partial charge in [0.05, 0.1) is 17.4 Å². The Morgan fingerprint density at radius 2 is 1.94 bits per heavy atom. The van der Waals surface area contributed by atoms with Gasteiger partial charge >= 0.3 is 6.09 Å². The summed E-state index contributed by atoms with van der Waals surface area (Å²) >= 11 is 0. The van der Waals surface area contributed by atoms with Gasteiger partial charge < -0.3 is 4.74 Å². The Bertz CT molecular complexity index is 432. The second-order valence-corrected chi connectivity index (χ2v) is 3.28. The summed E-state index contributed by atoms with van der Waals surface area (Å²) in [6, 6.07) is 8.16. The van der Waals surface area contributed by atoms with Crippen LogP contribution in [-0.4, -0.2) is 23.6 Å². The van der Waals surface area contributed by atoms with Gasteiger partial charge in [-0.3, -0.25) is 4.79 Å². The van der Waals surface area contributed by atoms with E-state index in [1.807, 2.05) is 0 Å². The maximum Gasteiger partial charge on any atom is 0.437 e. The lowest BCUT2D eigenvalue weighted by Gasteiger charge is -2.29. The quantitative estimate of drug-likeness (QED) is 0.585. The first kappa shape index (κ1) is 11.1. The minimum atomic E-state index is -0.898. The normalized spacial score (nSPS) is 15.4. The molecule has 2 rings (SSSR count). The van der Waals surface area contributed by atoms with Crippen molar-refractivity contribution in [1.82, 2.24) is 5.01 Å². The van der Waals surface area contributed by atoms with Crippen molar-refractivity contribution in [2.24, 2.45) is 5.29 Å². The number of cyclic esters (lactones) is 1. The van der Waals surface area contributed by atoms with Crippen molar-refractivity contribution in [2.45, 2.75) is 6.42 Å². The average molecular weight is 235 g/mol. The molecular formula is C10H9N3O4. The van der Waals surface area contributed by atoms with Crippen molar-refractivity contribution in [3.8, 4) is 0 Å². The minimum absolute atomic E-state index is 0.0235. The highest BCUT2D eigenvalue weighted by Gasteiger charge is 2.34. The van der Waals surface area contributed by atoms with E-state index in [0.717, 1.165) is 0 Å². The Morgan fingerprint density at radius 1 is 1.24 bits per heavy atom. The summed E-state index contributed by atoms with van der Waals surface area (Å²) in [6.45, 7) is 0.0235. The van der Waals surface area contributed by atoms with Crippen LogP contribution < -0.4 is 5.12 Å². The lowest BCUT2D eigenvalue weighted by atomic mass is 10.3. The minimum Gasteiger partial charge on any atom is -0.447 e. The van der Waals surface area contributed by atoms with Crippen LogP contribution in [0.1, 0.15) is 6.42 Å². The fourth-order valence-corrected chi connectivity index (χ4v) is 1.44. The Balaban J connectivity index is 2.32. The van der Waals surface area contributed by atoms with E-state index in [9.17, 15) is 14.5 Å². The van der Waals surface area contributed by atoms with Gasteiger partial charge in [-0.2, -0.15) is 0 Å². The third kappa shape index (κ3) is 2.07. The van der Waals surface area contributed by atoms with Crippen LogP contribution in [-0.2, 0) is 9.53 Å². The first-order chi connectivity index (χ1) is 8.24. The average Bonchev–Trinajstić information content (AvgIpc) is 2.35. The van der Waals surface area contributed by atoms with Gasteiger partial charge in [0, 0.05) is 0 Å². The molecule has 0 N–H and O–H groups in total. The maximum absolute atomic E-state index is 11.6. The van der Waals surface area contributed by atoms with E-state index in [1.165, 1.54) is 0 Å². The van der Waals surface area contributed by atoms with Gasteiger partial charge in [0.15, 0.2) is 0 Å². The predicted molar refractivity (Wildman–Crippen MR) is 57.5 cm³/mol. The smallest absolute Gasteiger partial charge is 0.437 e. The lowest BCUT2D eigenvalue weighted by molar-refractivity contribution is -0.134. The topological polar surface area (TPSA) is 79.3 Å². The molecule has 0 radical (unpaired) electrons. The number of nitrogens with zero attached hydrogens (tertiary/aromatic N) is 3. The van der Waals surface area contributed by atoms with Crippen LogP contribution >= 0.6 is 0 Å². The Hall–Kier alpha value is -2.44. The number of amides is 2. The molecule has 7 heteroatoms. The second-order valence-electron chi connectivity index (χ2n) is 3.28. The summed E-state index contributed by atoms with van der Waals surface area (Å²) in [7, 11) is 0. The highest BCUT2D eigenvalue weighted by molar-refractivity contribution is 5.95. The van der Waals surface area contributed by atoms with E-state index in [2.05, 4.69) is 5.29 Å². The number of hydrogen-bond acceptors (Lipinski definition) is 5. The first-order valence-corrected chi connectivity index (χ1v) is 4.92. The summed E-state index contributed by atoms with van der Waals surface area (Å²) in [4.78, 5) is 33.8. The van der Waals surface area contributed by atoms with E-state index in [-0.39, 0.29) is 13.0 Å². The number of para-hydroxylation sites is 1. The number of imide groups is 1. The van der Waals surface area contributed by atoms with E-state index in [4.69, 9.17) is 4.74 Å². The SMILES string of the molecule is O=NN(c1ccccc1)N1C(=O)CCOC1=O. The number of hydrazine groups is 1. The summed E-state index contributed by atoms with van der Waals surface area (Å²) in [5.41, 5.74) is 0.315. The molecule has 0 atom stereocenters. The molecule has 88 valence electrons. The van der Waals surface area contributed by atoms with Gasteiger partial charge in [-0.1, -0.05) is 18.2 Å². The molecule has 0 unspecified atom stereocenters. The molecule has 1 aliphatic heterocycles. The monoisotopic (exact) mass is 235 g/mol. The van der Waals surface area contributed by atoms with Crippen molar-refractivity contribution in [2.75, 3.05) is 11.7 Å². The van der Waals surface area contributed by atoms with E-state index in [1.54, 1.807) is 30.3 Å². The van der Waals surface area contributed by atoms with Gasteiger partial charge in [-0.25, -0.2) is 4.79 Å². The highest BCUT2D eigenvalue weighted by Crippen LogP contribution is 2.19.